The number of hydrogen-bond donors (Lipinski definition) is 3. The number of ether oxygens (including phenoxy) is 1. The second kappa shape index (κ2) is 5.03. The summed E-state index contributed by atoms with van der Waals surface area (Å²) in [7, 11) is -4.23. The molecule has 0 radical (unpaired) electrons. The molecule has 2 saturated heterocycles. The van der Waals surface area contributed by atoms with Gasteiger partial charge >= 0.3 is 13.5 Å². The molecule has 2 aliphatic rings. The summed E-state index contributed by atoms with van der Waals surface area (Å²) in [5.41, 5.74) is 4.62. The van der Waals surface area contributed by atoms with Crippen LogP contribution in [0.2, 0.25) is 5.02 Å². The number of nitrogens with zero attached hydrogens (tertiary/aromatic N) is 2. The van der Waals surface area contributed by atoms with Crippen LogP contribution in [0.25, 0.3) is 0 Å². The van der Waals surface area contributed by atoms with Gasteiger partial charge in [0.1, 0.15) is 24.1 Å². The summed E-state index contributed by atoms with van der Waals surface area (Å²) in [6.45, 7) is -0.253. The average molecular weight is 340 g/mol. The Kier molecular flexibility index (Phi) is 3.57. The Morgan fingerprint density at radius 3 is 3.00 bits per heavy atom. The molecule has 5 atom stereocenters. The van der Waals surface area contributed by atoms with Gasteiger partial charge in [-0.1, -0.05) is 11.6 Å². The first kappa shape index (κ1) is 14.9. The highest BCUT2D eigenvalue weighted by Crippen LogP contribution is 2.52. The van der Waals surface area contributed by atoms with Crippen molar-refractivity contribution in [2.75, 3.05) is 12.3 Å². The molecular formula is C9H11ClN3O7P. The van der Waals surface area contributed by atoms with E-state index in [1.165, 1.54) is 0 Å². The molecule has 0 amide bonds. The monoisotopic (exact) mass is 339 g/mol. The molecule has 3 heterocycles. The molecule has 0 spiro atoms. The third kappa shape index (κ3) is 2.59. The van der Waals surface area contributed by atoms with Crippen LogP contribution in [0.15, 0.2) is 11.0 Å². The lowest BCUT2D eigenvalue weighted by Gasteiger charge is -2.27. The lowest BCUT2D eigenvalue weighted by atomic mass is 10.1. The number of aliphatic hydroxyl groups is 1. The van der Waals surface area contributed by atoms with Crippen molar-refractivity contribution in [2.45, 2.75) is 24.5 Å². The van der Waals surface area contributed by atoms with Gasteiger partial charge in [-0.25, -0.2) is 9.36 Å². The molecule has 1 unspecified atom stereocenters. The lowest BCUT2D eigenvalue weighted by Crippen LogP contribution is -2.40. The zero-order chi connectivity index (χ0) is 15.4. The Morgan fingerprint density at radius 1 is 1.57 bits per heavy atom. The van der Waals surface area contributed by atoms with Crippen LogP contribution >= 0.6 is 19.4 Å². The SMILES string of the molecule is Nc1nc(=O)n([C@@H]2O[C@@H]3COP(=O)(O)O[C@H]3[C@H]2O)cc1Cl. The first-order chi connectivity index (χ1) is 9.78. The average Bonchev–Trinajstić information content (AvgIpc) is 2.70. The fourth-order valence-corrected chi connectivity index (χ4v) is 3.32. The summed E-state index contributed by atoms with van der Waals surface area (Å²) in [6.07, 6.45) is -3.31. The van der Waals surface area contributed by atoms with Crippen molar-refractivity contribution < 1.29 is 28.3 Å². The van der Waals surface area contributed by atoms with Crippen molar-refractivity contribution in [1.82, 2.24) is 9.55 Å². The fraction of sp³-hybridized carbons (Fsp3) is 0.556. The molecule has 2 fully saturated rings. The number of phosphoric ester groups is 1. The third-order valence-corrected chi connectivity index (χ3v) is 4.45. The maximum absolute atomic E-state index is 11.8. The normalized spacial score (nSPS) is 39.2. The topological polar surface area (TPSA) is 146 Å². The van der Waals surface area contributed by atoms with Crippen LogP contribution in [0.3, 0.4) is 0 Å². The standard InChI is InChI=1S/C9H11ClN3O7P/c10-3-1-13(9(15)12-7(3)11)8-5(14)6-4(19-8)2-18-21(16,17)20-6/h1,4-6,8,14H,2H2,(H,16,17)(H2,11,12,15)/t4-,5-,6-,8-/m1/s1. The minimum atomic E-state index is -4.23. The van der Waals surface area contributed by atoms with Gasteiger partial charge in [-0.2, -0.15) is 4.98 Å². The van der Waals surface area contributed by atoms with Gasteiger partial charge in [0.2, 0.25) is 0 Å². The van der Waals surface area contributed by atoms with E-state index >= 15 is 0 Å². The Balaban J connectivity index is 1.94. The molecule has 1 aromatic rings. The molecule has 12 heteroatoms. The van der Waals surface area contributed by atoms with Gasteiger partial charge in [-0.3, -0.25) is 13.6 Å². The van der Waals surface area contributed by atoms with Crippen molar-refractivity contribution in [3.05, 3.63) is 21.7 Å². The second-order valence-electron chi connectivity index (χ2n) is 4.55. The minimum absolute atomic E-state index is 0.00488. The smallest absolute Gasteiger partial charge is 0.386 e. The predicted octanol–water partition coefficient (Wildman–Crippen LogP) is -0.747. The van der Waals surface area contributed by atoms with E-state index in [9.17, 15) is 19.4 Å². The van der Waals surface area contributed by atoms with Crippen LogP contribution in [0.5, 0.6) is 0 Å². The van der Waals surface area contributed by atoms with Crippen molar-refractivity contribution in [3.8, 4) is 0 Å². The van der Waals surface area contributed by atoms with Crippen molar-refractivity contribution in [1.29, 1.82) is 0 Å². The summed E-state index contributed by atoms with van der Waals surface area (Å²) in [6, 6.07) is 0. The maximum atomic E-state index is 11.8. The van der Waals surface area contributed by atoms with Gasteiger partial charge < -0.3 is 20.5 Å². The molecular weight excluding hydrogens is 329 g/mol. The van der Waals surface area contributed by atoms with Gasteiger partial charge in [-0.15, -0.1) is 0 Å². The van der Waals surface area contributed by atoms with Crippen LogP contribution in [0, 0.1) is 0 Å². The molecule has 116 valence electrons. The van der Waals surface area contributed by atoms with Crippen LogP contribution in [0.4, 0.5) is 5.82 Å². The summed E-state index contributed by atoms with van der Waals surface area (Å²) in [5.74, 6) is -0.151. The van der Waals surface area contributed by atoms with Gasteiger partial charge in [0.25, 0.3) is 0 Å². The van der Waals surface area contributed by atoms with Gasteiger partial charge in [-0.05, 0) is 0 Å². The van der Waals surface area contributed by atoms with Crippen LogP contribution in [-0.2, 0) is 18.3 Å². The molecule has 1 aromatic heterocycles. The highest BCUT2D eigenvalue weighted by atomic mass is 35.5. The number of aromatic nitrogens is 2. The van der Waals surface area contributed by atoms with Gasteiger partial charge in [0.05, 0.1) is 11.6 Å². The minimum Gasteiger partial charge on any atom is -0.386 e. The summed E-state index contributed by atoms with van der Waals surface area (Å²) in [5, 5.41) is 10.2. The second-order valence-corrected chi connectivity index (χ2v) is 6.37. The number of phosphoric acid groups is 1. The summed E-state index contributed by atoms with van der Waals surface area (Å²) < 4.78 is 27.1. The quantitative estimate of drug-likeness (QED) is 0.562. The van der Waals surface area contributed by atoms with Gasteiger partial charge in [0, 0.05) is 6.20 Å². The number of rotatable bonds is 1. The zero-order valence-corrected chi connectivity index (χ0v) is 12.0. The highest BCUT2D eigenvalue weighted by Gasteiger charge is 2.52. The number of hydrogen-bond acceptors (Lipinski definition) is 8. The first-order valence-corrected chi connectivity index (χ1v) is 7.69. The van der Waals surface area contributed by atoms with E-state index in [4.69, 9.17) is 26.6 Å². The number of anilines is 1. The predicted molar refractivity (Wildman–Crippen MR) is 68.5 cm³/mol. The highest BCUT2D eigenvalue weighted by molar-refractivity contribution is 7.47. The molecule has 0 bridgehead atoms. The zero-order valence-electron chi connectivity index (χ0n) is 10.3. The molecule has 0 saturated carbocycles. The van der Waals surface area contributed by atoms with E-state index in [0.29, 0.717) is 0 Å². The number of fused-ring (bicyclic) bond motifs is 1. The Morgan fingerprint density at radius 2 is 2.29 bits per heavy atom. The van der Waals surface area contributed by atoms with E-state index < -0.39 is 38.1 Å². The molecule has 21 heavy (non-hydrogen) atoms. The number of nitrogens with two attached hydrogens (primary N) is 1. The van der Waals surface area contributed by atoms with E-state index in [1.54, 1.807) is 0 Å². The Labute approximate surface area is 122 Å². The van der Waals surface area contributed by atoms with E-state index in [2.05, 4.69) is 9.51 Å². The van der Waals surface area contributed by atoms with Crippen molar-refractivity contribution in [2.24, 2.45) is 0 Å². The summed E-state index contributed by atoms with van der Waals surface area (Å²) >= 11 is 5.79. The van der Waals surface area contributed by atoms with Crippen LogP contribution < -0.4 is 11.4 Å². The van der Waals surface area contributed by atoms with E-state index in [-0.39, 0.29) is 17.4 Å². The molecule has 0 aliphatic carbocycles. The fourth-order valence-electron chi connectivity index (χ4n) is 2.21. The molecule has 0 aromatic carbocycles. The molecule has 10 nitrogen and oxygen atoms in total. The Bertz CT molecular complexity index is 682. The van der Waals surface area contributed by atoms with Crippen molar-refractivity contribution >= 4 is 25.2 Å². The number of nitrogen functional groups attached to an aromatic ring is 1. The van der Waals surface area contributed by atoms with E-state index in [1.807, 2.05) is 0 Å². The lowest BCUT2D eigenvalue weighted by molar-refractivity contribution is -0.0685. The van der Waals surface area contributed by atoms with Crippen molar-refractivity contribution in [3.63, 3.8) is 0 Å². The first-order valence-electron chi connectivity index (χ1n) is 5.82. The number of halogens is 1. The summed E-state index contributed by atoms with van der Waals surface area (Å²) in [4.78, 5) is 24.5. The molecule has 2 aliphatic heterocycles. The molecule has 4 N–H and O–H groups in total. The van der Waals surface area contributed by atoms with Crippen LogP contribution in [0.1, 0.15) is 6.23 Å². The largest absolute Gasteiger partial charge is 0.472 e. The van der Waals surface area contributed by atoms with Crippen LogP contribution in [-0.4, -0.2) is 44.5 Å². The number of aliphatic hydroxyl groups excluding tert-OH is 1. The van der Waals surface area contributed by atoms with Gasteiger partial charge in [0.15, 0.2) is 6.23 Å². The maximum Gasteiger partial charge on any atom is 0.472 e. The third-order valence-electron chi connectivity index (χ3n) is 3.17. The molecule has 3 rings (SSSR count). The van der Waals surface area contributed by atoms with E-state index in [0.717, 1.165) is 10.8 Å². The Hall–Kier alpha value is -1.00.